The Labute approximate surface area is 131 Å². The van der Waals surface area contributed by atoms with Gasteiger partial charge in [-0.25, -0.2) is 0 Å². The van der Waals surface area contributed by atoms with Crippen LogP contribution in [0.1, 0.15) is 29.2 Å². The predicted molar refractivity (Wildman–Crippen MR) is 77.4 cm³/mol. The van der Waals surface area contributed by atoms with Crippen LogP contribution in [-0.4, -0.2) is 10.8 Å². The zero-order valence-electron chi connectivity index (χ0n) is 12.0. The van der Waals surface area contributed by atoms with Crippen molar-refractivity contribution in [2.24, 2.45) is 0 Å². The van der Waals surface area contributed by atoms with E-state index in [1.165, 1.54) is 18.3 Å². The number of aromatic nitrogens is 1. The van der Waals surface area contributed by atoms with Gasteiger partial charge in [0, 0.05) is 12.6 Å². The number of benzene rings is 1. The highest BCUT2D eigenvalue weighted by atomic mass is 19.4. The summed E-state index contributed by atoms with van der Waals surface area (Å²) in [5.41, 5.74) is 0.271. The summed E-state index contributed by atoms with van der Waals surface area (Å²) in [6.07, 6.45) is -2.52. The number of Topliss-reactive ketones (excluding diaryl/α,β-unsaturated/α-hetero) is 1. The van der Waals surface area contributed by atoms with Gasteiger partial charge in [0.1, 0.15) is 5.92 Å². The van der Waals surface area contributed by atoms with Crippen molar-refractivity contribution in [3.8, 4) is 6.07 Å². The molecule has 118 valence electrons. The number of alkyl halides is 3. The van der Waals surface area contributed by atoms with Gasteiger partial charge in [0.25, 0.3) is 0 Å². The molecule has 0 bridgehead atoms. The van der Waals surface area contributed by atoms with E-state index < -0.39 is 17.7 Å². The van der Waals surface area contributed by atoms with Crippen molar-refractivity contribution in [1.29, 1.82) is 5.26 Å². The molecule has 0 unspecified atom stereocenters. The maximum absolute atomic E-state index is 12.5. The van der Waals surface area contributed by atoms with E-state index in [1.54, 1.807) is 18.2 Å². The summed E-state index contributed by atoms with van der Waals surface area (Å²) in [6.45, 7) is 0. The van der Waals surface area contributed by atoms with Crippen LogP contribution in [0, 0.1) is 11.3 Å². The predicted octanol–water partition coefficient (Wildman–Crippen LogP) is 3.91. The van der Waals surface area contributed by atoms with Gasteiger partial charge in [0.05, 0.1) is 17.3 Å². The Bertz CT molecular complexity index is 703. The molecule has 0 aliphatic rings. The van der Waals surface area contributed by atoms with Crippen molar-refractivity contribution in [3.05, 3.63) is 65.5 Å². The van der Waals surface area contributed by atoms with Crippen LogP contribution in [0.4, 0.5) is 13.2 Å². The van der Waals surface area contributed by atoms with Gasteiger partial charge in [0.2, 0.25) is 0 Å². The van der Waals surface area contributed by atoms with Crippen LogP contribution in [0.3, 0.4) is 0 Å². The summed E-state index contributed by atoms with van der Waals surface area (Å²) in [5, 5.41) is 9.14. The molecule has 6 heteroatoms. The number of rotatable bonds is 5. The standard InChI is InChI=1S/C17H13F3N2O/c18-17(19,20)13-7-4-12(5-8-13)6-9-16(23)14(11-21)15-3-1-2-10-22-15/h1-5,7-8,10,14H,6,9H2/t14-/m1/s1. The molecular weight excluding hydrogens is 305 g/mol. The number of pyridine rings is 1. The number of aryl methyl sites for hydroxylation is 1. The number of hydrogen-bond donors (Lipinski definition) is 0. The second-order valence-corrected chi connectivity index (χ2v) is 4.98. The van der Waals surface area contributed by atoms with E-state index >= 15 is 0 Å². The van der Waals surface area contributed by atoms with Crippen molar-refractivity contribution >= 4 is 5.78 Å². The second-order valence-electron chi connectivity index (χ2n) is 4.98. The molecule has 0 fully saturated rings. The molecule has 1 aromatic carbocycles. The van der Waals surface area contributed by atoms with Crippen LogP contribution in [0.25, 0.3) is 0 Å². The highest BCUT2D eigenvalue weighted by Gasteiger charge is 2.30. The first kappa shape index (κ1) is 16.7. The normalized spacial score (nSPS) is 12.4. The van der Waals surface area contributed by atoms with E-state index in [1.807, 2.05) is 6.07 Å². The minimum Gasteiger partial charge on any atom is -0.298 e. The van der Waals surface area contributed by atoms with E-state index in [0.717, 1.165) is 12.1 Å². The van der Waals surface area contributed by atoms with Gasteiger partial charge in [-0.15, -0.1) is 0 Å². The van der Waals surface area contributed by atoms with Crippen molar-refractivity contribution in [3.63, 3.8) is 0 Å². The molecule has 1 heterocycles. The summed E-state index contributed by atoms with van der Waals surface area (Å²) in [5.74, 6) is -1.25. The fourth-order valence-electron chi connectivity index (χ4n) is 2.12. The molecule has 0 aliphatic carbocycles. The number of nitriles is 1. The number of ketones is 1. The van der Waals surface area contributed by atoms with Gasteiger partial charge in [-0.1, -0.05) is 18.2 Å². The molecule has 0 spiro atoms. The lowest BCUT2D eigenvalue weighted by molar-refractivity contribution is -0.137. The lowest BCUT2D eigenvalue weighted by Crippen LogP contribution is -2.13. The smallest absolute Gasteiger partial charge is 0.298 e. The van der Waals surface area contributed by atoms with Crippen molar-refractivity contribution in [1.82, 2.24) is 4.98 Å². The largest absolute Gasteiger partial charge is 0.416 e. The van der Waals surface area contributed by atoms with Crippen LogP contribution >= 0.6 is 0 Å². The fraction of sp³-hybridized carbons (Fsp3) is 0.235. The molecule has 2 rings (SSSR count). The first-order chi connectivity index (χ1) is 10.9. The second kappa shape index (κ2) is 7.05. The van der Waals surface area contributed by atoms with E-state index in [-0.39, 0.29) is 18.6 Å². The summed E-state index contributed by atoms with van der Waals surface area (Å²) >= 11 is 0. The molecule has 0 amide bonds. The fourth-order valence-corrected chi connectivity index (χ4v) is 2.12. The lowest BCUT2D eigenvalue weighted by atomic mass is 9.95. The molecular formula is C17H13F3N2O. The van der Waals surface area contributed by atoms with Gasteiger partial charge in [-0.2, -0.15) is 18.4 Å². The SMILES string of the molecule is N#C[C@@H](C(=O)CCc1ccc(C(F)(F)F)cc1)c1ccccn1. The Morgan fingerprint density at radius 2 is 1.87 bits per heavy atom. The third-order valence-corrected chi connectivity index (χ3v) is 3.38. The van der Waals surface area contributed by atoms with Crippen molar-refractivity contribution < 1.29 is 18.0 Å². The number of halogens is 3. The van der Waals surface area contributed by atoms with Gasteiger partial charge >= 0.3 is 6.18 Å². The van der Waals surface area contributed by atoms with Gasteiger partial charge in [0.15, 0.2) is 5.78 Å². The Kier molecular flexibility index (Phi) is 5.12. The van der Waals surface area contributed by atoms with E-state index in [2.05, 4.69) is 4.98 Å². The molecule has 1 atom stereocenters. The summed E-state index contributed by atoms with van der Waals surface area (Å²) < 4.78 is 37.4. The third-order valence-electron chi connectivity index (χ3n) is 3.38. The highest BCUT2D eigenvalue weighted by Crippen LogP contribution is 2.29. The van der Waals surface area contributed by atoms with Crippen LogP contribution in [-0.2, 0) is 17.4 Å². The molecule has 23 heavy (non-hydrogen) atoms. The third kappa shape index (κ3) is 4.39. The summed E-state index contributed by atoms with van der Waals surface area (Å²) in [7, 11) is 0. The quantitative estimate of drug-likeness (QED) is 0.840. The maximum Gasteiger partial charge on any atom is 0.416 e. The summed E-state index contributed by atoms with van der Waals surface area (Å²) in [6, 6.07) is 11.6. The lowest BCUT2D eigenvalue weighted by Gasteiger charge is -2.09. The molecule has 0 radical (unpaired) electrons. The minimum atomic E-state index is -4.38. The zero-order valence-corrected chi connectivity index (χ0v) is 12.0. The first-order valence-electron chi connectivity index (χ1n) is 6.91. The highest BCUT2D eigenvalue weighted by molar-refractivity contribution is 5.88. The average Bonchev–Trinajstić information content (AvgIpc) is 2.54. The molecule has 0 saturated carbocycles. The average molecular weight is 318 g/mol. The van der Waals surface area contributed by atoms with Crippen LogP contribution in [0.2, 0.25) is 0 Å². The van der Waals surface area contributed by atoms with E-state index in [9.17, 15) is 18.0 Å². The molecule has 0 N–H and O–H groups in total. The topological polar surface area (TPSA) is 53.8 Å². The molecule has 2 aromatic rings. The van der Waals surface area contributed by atoms with E-state index in [0.29, 0.717) is 11.3 Å². The Balaban J connectivity index is 2.00. The Hall–Kier alpha value is -2.68. The van der Waals surface area contributed by atoms with Crippen LogP contribution in [0.15, 0.2) is 48.7 Å². The molecule has 3 nitrogen and oxygen atoms in total. The van der Waals surface area contributed by atoms with Gasteiger partial charge in [-0.3, -0.25) is 9.78 Å². The van der Waals surface area contributed by atoms with Crippen molar-refractivity contribution in [2.75, 3.05) is 0 Å². The Morgan fingerprint density at radius 3 is 2.39 bits per heavy atom. The first-order valence-corrected chi connectivity index (χ1v) is 6.91. The van der Waals surface area contributed by atoms with Crippen molar-refractivity contribution in [2.45, 2.75) is 24.9 Å². The molecule has 0 aliphatic heterocycles. The molecule has 0 saturated heterocycles. The minimum absolute atomic E-state index is 0.0696. The van der Waals surface area contributed by atoms with E-state index in [4.69, 9.17) is 5.26 Å². The van der Waals surface area contributed by atoms with Gasteiger partial charge in [-0.05, 0) is 36.2 Å². The van der Waals surface area contributed by atoms with Crippen LogP contribution in [0.5, 0.6) is 0 Å². The Morgan fingerprint density at radius 1 is 1.17 bits per heavy atom. The monoisotopic (exact) mass is 318 g/mol. The number of carbonyl (C=O) groups excluding carboxylic acids is 1. The van der Waals surface area contributed by atoms with Gasteiger partial charge < -0.3 is 0 Å². The number of nitrogens with zero attached hydrogens (tertiary/aromatic N) is 2. The maximum atomic E-state index is 12.5. The summed E-state index contributed by atoms with van der Waals surface area (Å²) in [4.78, 5) is 16.1. The number of carbonyl (C=O) groups is 1. The van der Waals surface area contributed by atoms with Crippen LogP contribution < -0.4 is 0 Å². The zero-order chi connectivity index (χ0) is 16.9. The number of hydrogen-bond acceptors (Lipinski definition) is 3. The molecule has 1 aromatic heterocycles.